The molecular formula is C16H26N4O. The van der Waals surface area contributed by atoms with E-state index in [1.807, 2.05) is 12.3 Å². The number of rotatable bonds is 4. The summed E-state index contributed by atoms with van der Waals surface area (Å²) in [5.74, 6) is 6.24. The number of nitrogens with zero attached hydrogens (tertiary/aromatic N) is 2. The van der Waals surface area contributed by atoms with Crippen molar-refractivity contribution in [1.82, 2.24) is 15.3 Å². The van der Waals surface area contributed by atoms with Gasteiger partial charge in [0.05, 0.1) is 18.8 Å². The zero-order valence-electron chi connectivity index (χ0n) is 13.0. The average molecular weight is 290 g/mol. The van der Waals surface area contributed by atoms with E-state index >= 15 is 0 Å². The minimum atomic E-state index is 0.127. The molecule has 2 heterocycles. The van der Waals surface area contributed by atoms with Crippen molar-refractivity contribution in [3.8, 4) is 0 Å². The largest absolute Gasteiger partial charge is 0.374 e. The van der Waals surface area contributed by atoms with E-state index in [1.54, 1.807) is 0 Å². The van der Waals surface area contributed by atoms with Crippen molar-refractivity contribution in [1.29, 1.82) is 0 Å². The highest BCUT2D eigenvalue weighted by Crippen LogP contribution is 2.35. The summed E-state index contributed by atoms with van der Waals surface area (Å²) in [4.78, 5) is 7.06. The number of hydrogen-bond acceptors (Lipinski definition) is 5. The highest BCUT2D eigenvalue weighted by molar-refractivity contribution is 5.30. The van der Waals surface area contributed by atoms with Crippen LogP contribution in [0.25, 0.3) is 0 Å². The quantitative estimate of drug-likeness (QED) is 0.641. The third-order valence-electron chi connectivity index (χ3n) is 4.88. The van der Waals surface area contributed by atoms with Crippen LogP contribution in [0.15, 0.2) is 18.3 Å². The Kier molecular flexibility index (Phi) is 4.54. The zero-order valence-corrected chi connectivity index (χ0v) is 13.0. The Morgan fingerprint density at radius 1 is 1.48 bits per heavy atom. The first-order chi connectivity index (χ1) is 10.2. The Bertz CT molecular complexity index is 479. The van der Waals surface area contributed by atoms with Crippen LogP contribution in [-0.2, 0) is 11.2 Å². The number of aromatic nitrogens is 1. The molecule has 2 aliphatic rings. The van der Waals surface area contributed by atoms with E-state index in [-0.39, 0.29) is 12.1 Å². The van der Waals surface area contributed by atoms with Crippen molar-refractivity contribution in [2.24, 2.45) is 5.84 Å². The molecule has 0 amide bonds. The van der Waals surface area contributed by atoms with Gasteiger partial charge >= 0.3 is 0 Å². The number of ether oxygens (including phenoxy) is 1. The second-order valence-electron chi connectivity index (χ2n) is 6.38. The molecule has 3 atom stereocenters. The van der Waals surface area contributed by atoms with Crippen LogP contribution in [0.5, 0.6) is 0 Å². The lowest BCUT2D eigenvalue weighted by Crippen LogP contribution is -2.57. The predicted octanol–water partition coefficient (Wildman–Crippen LogP) is 1.05. The Morgan fingerprint density at radius 2 is 2.33 bits per heavy atom. The van der Waals surface area contributed by atoms with Crippen molar-refractivity contribution in [3.05, 3.63) is 29.6 Å². The fourth-order valence-electron chi connectivity index (χ4n) is 3.66. The van der Waals surface area contributed by atoms with E-state index in [4.69, 9.17) is 10.6 Å². The molecule has 1 aromatic rings. The van der Waals surface area contributed by atoms with E-state index in [9.17, 15) is 0 Å². The zero-order chi connectivity index (χ0) is 14.8. The number of nitrogens with two attached hydrogens (primary N) is 1. The maximum atomic E-state index is 6.03. The molecule has 3 rings (SSSR count). The SMILES string of the molecule is CC(C)N1CCOC(C(NN)C2CCc3cccnc32)C1. The van der Waals surface area contributed by atoms with Gasteiger partial charge in [0.1, 0.15) is 0 Å². The molecule has 5 heteroatoms. The number of pyridine rings is 1. The molecule has 0 radical (unpaired) electrons. The van der Waals surface area contributed by atoms with Crippen LogP contribution in [0, 0.1) is 0 Å². The van der Waals surface area contributed by atoms with Gasteiger partial charge < -0.3 is 4.74 Å². The van der Waals surface area contributed by atoms with Gasteiger partial charge in [-0.1, -0.05) is 6.07 Å². The lowest BCUT2D eigenvalue weighted by Gasteiger charge is -2.40. The van der Waals surface area contributed by atoms with Gasteiger partial charge in [-0.05, 0) is 38.3 Å². The van der Waals surface area contributed by atoms with Gasteiger partial charge in [0.25, 0.3) is 0 Å². The number of aryl methyl sites for hydroxylation is 1. The molecule has 5 nitrogen and oxygen atoms in total. The van der Waals surface area contributed by atoms with Crippen LogP contribution >= 0.6 is 0 Å². The second kappa shape index (κ2) is 6.40. The minimum Gasteiger partial charge on any atom is -0.374 e. The summed E-state index contributed by atoms with van der Waals surface area (Å²) in [6, 6.07) is 4.87. The minimum absolute atomic E-state index is 0.127. The fraction of sp³-hybridized carbons (Fsp3) is 0.688. The summed E-state index contributed by atoms with van der Waals surface area (Å²) in [5, 5.41) is 0. The molecule has 0 bridgehead atoms. The number of fused-ring (bicyclic) bond motifs is 1. The lowest BCUT2D eigenvalue weighted by molar-refractivity contribution is -0.0597. The Labute approximate surface area is 126 Å². The summed E-state index contributed by atoms with van der Waals surface area (Å²) >= 11 is 0. The molecule has 116 valence electrons. The molecule has 0 spiro atoms. The summed E-state index contributed by atoms with van der Waals surface area (Å²) in [6.07, 6.45) is 4.20. The lowest BCUT2D eigenvalue weighted by atomic mass is 9.91. The first-order valence-electron chi connectivity index (χ1n) is 7.96. The standard InChI is InChI=1S/C16H26N4O/c1-11(2)20-8-9-21-14(10-20)16(19-17)13-6-5-12-4-3-7-18-15(12)13/h3-4,7,11,13-14,16,19H,5-6,8-10,17H2,1-2H3. The first-order valence-corrected chi connectivity index (χ1v) is 7.96. The topological polar surface area (TPSA) is 63.4 Å². The van der Waals surface area contributed by atoms with Crippen LogP contribution in [0.4, 0.5) is 0 Å². The summed E-state index contributed by atoms with van der Waals surface area (Å²) in [6.45, 7) is 7.19. The predicted molar refractivity (Wildman–Crippen MR) is 82.9 cm³/mol. The average Bonchev–Trinajstić information content (AvgIpc) is 2.93. The van der Waals surface area contributed by atoms with Crippen molar-refractivity contribution in [3.63, 3.8) is 0 Å². The van der Waals surface area contributed by atoms with Gasteiger partial charge in [0, 0.05) is 36.9 Å². The normalized spacial score (nSPS) is 27.8. The molecule has 1 fully saturated rings. The molecule has 0 aromatic carbocycles. The monoisotopic (exact) mass is 290 g/mol. The van der Waals surface area contributed by atoms with Crippen LogP contribution < -0.4 is 11.3 Å². The van der Waals surface area contributed by atoms with Gasteiger partial charge in [-0.25, -0.2) is 0 Å². The maximum absolute atomic E-state index is 6.03. The first kappa shape index (κ1) is 14.9. The molecule has 21 heavy (non-hydrogen) atoms. The van der Waals surface area contributed by atoms with E-state index in [0.717, 1.165) is 32.5 Å². The smallest absolute Gasteiger partial charge is 0.0875 e. The molecule has 3 N–H and O–H groups in total. The highest BCUT2D eigenvalue weighted by Gasteiger charge is 2.38. The van der Waals surface area contributed by atoms with Gasteiger partial charge in [0.15, 0.2) is 0 Å². The van der Waals surface area contributed by atoms with E-state index in [2.05, 4.69) is 35.2 Å². The maximum Gasteiger partial charge on any atom is 0.0875 e. The summed E-state index contributed by atoms with van der Waals surface area (Å²) in [5.41, 5.74) is 5.58. The van der Waals surface area contributed by atoms with Crippen LogP contribution in [0.2, 0.25) is 0 Å². The molecule has 1 saturated heterocycles. The fourth-order valence-corrected chi connectivity index (χ4v) is 3.66. The van der Waals surface area contributed by atoms with E-state index in [1.165, 1.54) is 11.3 Å². The van der Waals surface area contributed by atoms with Crippen LogP contribution in [0.1, 0.15) is 37.4 Å². The van der Waals surface area contributed by atoms with Crippen LogP contribution in [0.3, 0.4) is 0 Å². The summed E-state index contributed by atoms with van der Waals surface area (Å²) < 4.78 is 6.03. The van der Waals surface area contributed by atoms with E-state index in [0.29, 0.717) is 12.0 Å². The van der Waals surface area contributed by atoms with Gasteiger partial charge in [0.2, 0.25) is 0 Å². The molecule has 0 saturated carbocycles. The van der Waals surface area contributed by atoms with Gasteiger partial charge in [-0.2, -0.15) is 0 Å². The molecular weight excluding hydrogens is 264 g/mol. The molecule has 1 aromatic heterocycles. The third kappa shape index (κ3) is 2.97. The van der Waals surface area contributed by atoms with Crippen molar-refractivity contribution < 1.29 is 4.74 Å². The molecule has 1 aliphatic heterocycles. The Balaban J connectivity index is 1.76. The highest BCUT2D eigenvalue weighted by atomic mass is 16.5. The van der Waals surface area contributed by atoms with Crippen LogP contribution in [-0.4, -0.2) is 47.8 Å². The third-order valence-corrected chi connectivity index (χ3v) is 4.88. The molecule has 3 unspecified atom stereocenters. The van der Waals surface area contributed by atoms with Crippen molar-refractivity contribution >= 4 is 0 Å². The van der Waals surface area contributed by atoms with Crippen molar-refractivity contribution in [2.45, 2.75) is 50.8 Å². The number of hydrazine groups is 1. The number of hydrogen-bond donors (Lipinski definition) is 2. The van der Waals surface area contributed by atoms with Gasteiger partial charge in [-0.3, -0.25) is 21.2 Å². The molecule has 1 aliphatic carbocycles. The Morgan fingerprint density at radius 3 is 3.10 bits per heavy atom. The number of morpholine rings is 1. The van der Waals surface area contributed by atoms with Gasteiger partial charge in [-0.15, -0.1) is 0 Å². The number of nitrogens with one attached hydrogen (secondary N) is 1. The van der Waals surface area contributed by atoms with E-state index < -0.39 is 0 Å². The Hall–Kier alpha value is -1.01. The summed E-state index contributed by atoms with van der Waals surface area (Å²) in [7, 11) is 0. The second-order valence-corrected chi connectivity index (χ2v) is 6.38. The van der Waals surface area contributed by atoms with Crippen molar-refractivity contribution in [2.75, 3.05) is 19.7 Å².